The molecule has 5 nitrogen and oxygen atoms in total. The minimum atomic E-state index is -0.599. The van der Waals surface area contributed by atoms with Crippen molar-refractivity contribution in [3.8, 4) is 5.75 Å². The number of nitrogens with zero attached hydrogens (tertiary/aromatic N) is 1. The third-order valence-corrected chi connectivity index (χ3v) is 5.22. The molecule has 2 rings (SSSR count). The van der Waals surface area contributed by atoms with Crippen molar-refractivity contribution in [1.82, 2.24) is 10.2 Å². The number of amides is 2. The number of carbonyl (C=O) groups excluding carboxylic acids is 2. The Bertz CT molecular complexity index is 821. The smallest absolute Gasteiger partial charge is 0.261 e. The summed E-state index contributed by atoms with van der Waals surface area (Å²) in [7, 11) is 0. The zero-order valence-corrected chi connectivity index (χ0v) is 18.4. The first-order chi connectivity index (χ1) is 13.3. The van der Waals surface area contributed by atoms with Crippen molar-refractivity contribution in [2.45, 2.75) is 40.3 Å². The van der Waals surface area contributed by atoms with Crippen LogP contribution >= 0.6 is 15.9 Å². The average molecular weight is 447 g/mol. The van der Waals surface area contributed by atoms with Crippen molar-refractivity contribution >= 4 is 27.7 Å². The zero-order valence-electron chi connectivity index (χ0n) is 16.8. The van der Waals surface area contributed by atoms with E-state index < -0.39 is 6.04 Å². The van der Waals surface area contributed by atoms with E-state index in [1.807, 2.05) is 63.2 Å². The van der Waals surface area contributed by atoms with Crippen LogP contribution in [-0.2, 0) is 16.1 Å². The maximum Gasteiger partial charge on any atom is 0.261 e. The molecule has 150 valence electrons. The van der Waals surface area contributed by atoms with E-state index in [1.54, 1.807) is 11.8 Å². The van der Waals surface area contributed by atoms with Gasteiger partial charge >= 0.3 is 0 Å². The SMILES string of the molecule is CCNC(=O)[C@H](C)N(Cc1ccc(Br)cc1)C(=O)COc1cccc(C)c1C. The predicted molar refractivity (Wildman–Crippen MR) is 114 cm³/mol. The highest BCUT2D eigenvalue weighted by atomic mass is 79.9. The van der Waals surface area contributed by atoms with E-state index in [0.717, 1.165) is 21.2 Å². The molecule has 0 saturated heterocycles. The first kappa shape index (κ1) is 22.0. The quantitative estimate of drug-likeness (QED) is 0.666. The average Bonchev–Trinajstić information content (AvgIpc) is 2.68. The molecule has 6 heteroatoms. The maximum absolute atomic E-state index is 12.9. The standard InChI is InChI=1S/C22H27BrN2O3/c1-5-24-22(27)17(4)25(13-18-9-11-19(23)12-10-18)21(26)14-28-20-8-6-7-15(2)16(20)3/h6-12,17H,5,13-14H2,1-4H3,(H,24,27)/t17-/m0/s1. The molecule has 28 heavy (non-hydrogen) atoms. The molecule has 0 aliphatic rings. The number of ether oxygens (including phenoxy) is 1. The van der Waals surface area contributed by atoms with Crippen molar-refractivity contribution in [2.75, 3.05) is 13.2 Å². The molecule has 0 saturated carbocycles. The Morgan fingerprint density at radius 3 is 2.46 bits per heavy atom. The second-order valence-electron chi connectivity index (χ2n) is 6.71. The van der Waals surface area contributed by atoms with Crippen LogP contribution in [0, 0.1) is 13.8 Å². The second-order valence-corrected chi connectivity index (χ2v) is 7.62. The molecule has 2 aromatic rings. The van der Waals surface area contributed by atoms with Crippen LogP contribution < -0.4 is 10.1 Å². The van der Waals surface area contributed by atoms with Gasteiger partial charge in [0.15, 0.2) is 6.61 Å². The largest absolute Gasteiger partial charge is 0.483 e. The summed E-state index contributed by atoms with van der Waals surface area (Å²) in [6.07, 6.45) is 0. The summed E-state index contributed by atoms with van der Waals surface area (Å²) in [5, 5.41) is 2.78. The summed E-state index contributed by atoms with van der Waals surface area (Å²) < 4.78 is 6.74. The highest BCUT2D eigenvalue weighted by molar-refractivity contribution is 9.10. The lowest BCUT2D eigenvalue weighted by Gasteiger charge is -2.28. The Morgan fingerprint density at radius 1 is 1.14 bits per heavy atom. The molecule has 0 bridgehead atoms. The van der Waals surface area contributed by atoms with Crippen molar-refractivity contribution in [3.05, 3.63) is 63.6 Å². The molecule has 1 atom stereocenters. The van der Waals surface area contributed by atoms with Gasteiger partial charge in [0.1, 0.15) is 11.8 Å². The summed E-state index contributed by atoms with van der Waals surface area (Å²) in [4.78, 5) is 26.9. The number of rotatable bonds is 8. The lowest BCUT2D eigenvalue weighted by atomic mass is 10.1. The highest BCUT2D eigenvalue weighted by Gasteiger charge is 2.26. The number of hydrogen-bond donors (Lipinski definition) is 1. The molecule has 0 aliphatic carbocycles. The van der Waals surface area contributed by atoms with E-state index in [1.165, 1.54) is 0 Å². The van der Waals surface area contributed by atoms with Crippen LogP contribution in [0.25, 0.3) is 0 Å². The Hall–Kier alpha value is -2.34. The molecule has 0 spiro atoms. The van der Waals surface area contributed by atoms with Crippen molar-refractivity contribution in [1.29, 1.82) is 0 Å². The predicted octanol–water partition coefficient (Wildman–Crippen LogP) is 4.00. The molecule has 0 aliphatic heterocycles. The minimum Gasteiger partial charge on any atom is -0.483 e. The minimum absolute atomic E-state index is 0.120. The van der Waals surface area contributed by atoms with Gasteiger partial charge < -0.3 is 15.0 Å². The molecular formula is C22H27BrN2O3. The van der Waals surface area contributed by atoms with Gasteiger partial charge in [0.2, 0.25) is 5.91 Å². The third kappa shape index (κ3) is 5.83. The monoisotopic (exact) mass is 446 g/mol. The molecule has 2 aromatic carbocycles. The first-order valence-corrected chi connectivity index (χ1v) is 10.1. The van der Waals surface area contributed by atoms with Crippen LogP contribution in [0.15, 0.2) is 46.9 Å². The number of nitrogens with one attached hydrogen (secondary N) is 1. The van der Waals surface area contributed by atoms with Crippen LogP contribution in [0.2, 0.25) is 0 Å². The summed E-state index contributed by atoms with van der Waals surface area (Å²) in [5.74, 6) is 0.268. The van der Waals surface area contributed by atoms with Gasteiger partial charge in [0.25, 0.3) is 5.91 Å². The van der Waals surface area contributed by atoms with Crippen molar-refractivity contribution in [3.63, 3.8) is 0 Å². The summed E-state index contributed by atoms with van der Waals surface area (Å²) in [6.45, 7) is 8.29. The van der Waals surface area contributed by atoms with Gasteiger partial charge in [0.05, 0.1) is 0 Å². The number of likely N-dealkylation sites (N-methyl/N-ethyl adjacent to an activating group) is 1. The number of hydrogen-bond acceptors (Lipinski definition) is 3. The summed E-state index contributed by atoms with van der Waals surface area (Å²) in [6, 6.07) is 12.9. The lowest BCUT2D eigenvalue weighted by molar-refractivity contribution is -0.142. The van der Waals surface area contributed by atoms with Gasteiger partial charge in [-0.3, -0.25) is 9.59 Å². The number of aryl methyl sites for hydroxylation is 1. The fraction of sp³-hybridized carbons (Fsp3) is 0.364. The number of benzene rings is 2. The van der Waals surface area contributed by atoms with Gasteiger partial charge in [-0.25, -0.2) is 0 Å². The first-order valence-electron chi connectivity index (χ1n) is 9.34. The second kappa shape index (κ2) is 10.3. The normalized spacial score (nSPS) is 11.6. The van der Waals surface area contributed by atoms with E-state index in [9.17, 15) is 9.59 Å². The van der Waals surface area contributed by atoms with E-state index in [-0.39, 0.29) is 18.4 Å². The van der Waals surface area contributed by atoms with Crippen LogP contribution in [0.4, 0.5) is 0 Å². The third-order valence-electron chi connectivity index (χ3n) is 4.69. The van der Waals surface area contributed by atoms with Crippen LogP contribution in [0.3, 0.4) is 0 Å². The molecular weight excluding hydrogens is 420 g/mol. The van der Waals surface area contributed by atoms with Crippen LogP contribution in [0.1, 0.15) is 30.5 Å². The molecule has 2 amide bonds. The van der Waals surface area contributed by atoms with E-state index in [0.29, 0.717) is 18.8 Å². The van der Waals surface area contributed by atoms with Crippen molar-refractivity contribution in [2.24, 2.45) is 0 Å². The Kier molecular flexibility index (Phi) is 8.05. The number of halogens is 1. The maximum atomic E-state index is 12.9. The van der Waals surface area contributed by atoms with Crippen LogP contribution in [-0.4, -0.2) is 35.9 Å². The van der Waals surface area contributed by atoms with Gasteiger partial charge in [0, 0.05) is 17.6 Å². The topological polar surface area (TPSA) is 58.6 Å². The highest BCUT2D eigenvalue weighted by Crippen LogP contribution is 2.21. The Labute approximate surface area is 175 Å². The van der Waals surface area contributed by atoms with Gasteiger partial charge in [-0.05, 0) is 62.6 Å². The van der Waals surface area contributed by atoms with E-state index >= 15 is 0 Å². The molecule has 0 unspecified atom stereocenters. The van der Waals surface area contributed by atoms with Gasteiger partial charge in [-0.15, -0.1) is 0 Å². The molecule has 0 aromatic heterocycles. The Morgan fingerprint density at radius 2 is 1.82 bits per heavy atom. The summed E-state index contributed by atoms with van der Waals surface area (Å²) >= 11 is 3.41. The molecule has 0 heterocycles. The Balaban J connectivity index is 2.16. The van der Waals surface area contributed by atoms with E-state index in [4.69, 9.17) is 4.74 Å². The molecule has 1 N–H and O–H groups in total. The van der Waals surface area contributed by atoms with Gasteiger partial charge in [-0.2, -0.15) is 0 Å². The van der Waals surface area contributed by atoms with Gasteiger partial charge in [-0.1, -0.05) is 40.2 Å². The lowest BCUT2D eigenvalue weighted by Crippen LogP contribution is -2.49. The van der Waals surface area contributed by atoms with Crippen LogP contribution in [0.5, 0.6) is 5.75 Å². The summed E-state index contributed by atoms with van der Waals surface area (Å²) in [5.41, 5.74) is 3.05. The fourth-order valence-electron chi connectivity index (χ4n) is 2.79. The molecule has 0 radical (unpaired) electrons. The molecule has 0 fully saturated rings. The number of carbonyl (C=O) groups is 2. The fourth-order valence-corrected chi connectivity index (χ4v) is 3.06. The van der Waals surface area contributed by atoms with Crippen molar-refractivity contribution < 1.29 is 14.3 Å². The van der Waals surface area contributed by atoms with E-state index in [2.05, 4.69) is 21.2 Å². The zero-order chi connectivity index (χ0) is 20.7.